The first-order chi connectivity index (χ1) is 10.3. The second kappa shape index (κ2) is 6.91. The molecule has 0 aliphatic carbocycles. The highest BCUT2D eigenvalue weighted by Crippen LogP contribution is 2.23. The molecule has 116 valence electrons. The third kappa shape index (κ3) is 5.47. The molecule has 1 aromatic carbocycles. The predicted octanol–water partition coefficient (Wildman–Crippen LogP) is 4.22. The Labute approximate surface area is 142 Å². The highest BCUT2D eigenvalue weighted by atomic mass is 127. The fourth-order valence-electron chi connectivity index (χ4n) is 1.56. The van der Waals surface area contributed by atoms with Crippen molar-refractivity contribution in [2.45, 2.75) is 26.4 Å². The lowest BCUT2D eigenvalue weighted by atomic mass is 10.2. The Morgan fingerprint density at radius 2 is 2.05 bits per heavy atom. The second-order valence-corrected chi connectivity index (χ2v) is 6.39. The molecule has 0 fully saturated rings. The first-order valence-electron chi connectivity index (χ1n) is 6.58. The van der Waals surface area contributed by atoms with Gasteiger partial charge in [-0.3, -0.25) is 5.32 Å². The SMILES string of the molecule is CC(C)(C)OC(=O)Nc1cccc(Oc2ccnc(I)n2)c1. The van der Waals surface area contributed by atoms with Crippen molar-refractivity contribution in [3.05, 3.63) is 40.4 Å². The van der Waals surface area contributed by atoms with Crippen LogP contribution in [0.4, 0.5) is 10.5 Å². The minimum Gasteiger partial charge on any atom is -0.444 e. The van der Waals surface area contributed by atoms with E-state index >= 15 is 0 Å². The van der Waals surface area contributed by atoms with Crippen molar-refractivity contribution in [3.8, 4) is 11.6 Å². The van der Waals surface area contributed by atoms with Crippen molar-refractivity contribution in [3.63, 3.8) is 0 Å². The molecule has 0 saturated carbocycles. The summed E-state index contributed by atoms with van der Waals surface area (Å²) in [5, 5.41) is 2.66. The maximum absolute atomic E-state index is 11.7. The lowest BCUT2D eigenvalue weighted by Gasteiger charge is -2.19. The van der Waals surface area contributed by atoms with Crippen LogP contribution in [0.5, 0.6) is 11.6 Å². The lowest BCUT2D eigenvalue weighted by Crippen LogP contribution is -2.27. The highest BCUT2D eigenvalue weighted by Gasteiger charge is 2.16. The van der Waals surface area contributed by atoms with E-state index in [4.69, 9.17) is 9.47 Å². The quantitative estimate of drug-likeness (QED) is 0.603. The average molecular weight is 413 g/mol. The fourth-order valence-corrected chi connectivity index (χ4v) is 1.95. The number of halogens is 1. The zero-order valence-corrected chi connectivity index (χ0v) is 14.6. The molecule has 2 rings (SSSR count). The third-order valence-corrected chi connectivity index (χ3v) is 2.82. The molecule has 1 N–H and O–H groups in total. The first kappa shape index (κ1) is 16.5. The van der Waals surface area contributed by atoms with E-state index < -0.39 is 11.7 Å². The largest absolute Gasteiger partial charge is 0.444 e. The number of carbonyl (C=O) groups is 1. The molecular weight excluding hydrogens is 397 g/mol. The summed E-state index contributed by atoms with van der Waals surface area (Å²) in [6, 6.07) is 8.65. The van der Waals surface area contributed by atoms with Gasteiger partial charge in [0.05, 0.1) is 0 Å². The monoisotopic (exact) mass is 413 g/mol. The molecule has 1 aromatic heterocycles. The van der Waals surface area contributed by atoms with Crippen LogP contribution in [0.2, 0.25) is 0 Å². The molecule has 2 aromatic rings. The normalized spacial score (nSPS) is 10.9. The standard InChI is InChI=1S/C15H16IN3O3/c1-15(2,3)22-14(20)18-10-5-4-6-11(9-10)21-12-7-8-17-13(16)19-12/h4-9H,1-3H3,(H,18,20). The van der Waals surface area contributed by atoms with Gasteiger partial charge < -0.3 is 9.47 Å². The number of hydrogen-bond donors (Lipinski definition) is 1. The second-order valence-electron chi connectivity index (χ2n) is 5.42. The number of ether oxygens (including phenoxy) is 2. The Morgan fingerprint density at radius 1 is 1.27 bits per heavy atom. The average Bonchev–Trinajstić information content (AvgIpc) is 2.36. The summed E-state index contributed by atoms with van der Waals surface area (Å²) in [4.78, 5) is 19.9. The summed E-state index contributed by atoms with van der Waals surface area (Å²) in [6.07, 6.45) is 1.11. The van der Waals surface area contributed by atoms with Crippen LogP contribution in [0.1, 0.15) is 20.8 Å². The summed E-state index contributed by atoms with van der Waals surface area (Å²) in [7, 11) is 0. The summed E-state index contributed by atoms with van der Waals surface area (Å²) < 4.78 is 11.4. The molecule has 22 heavy (non-hydrogen) atoms. The number of anilines is 1. The Bertz CT molecular complexity index is 671. The number of amides is 1. The molecule has 0 radical (unpaired) electrons. The molecule has 0 aliphatic heterocycles. The summed E-state index contributed by atoms with van der Waals surface area (Å²) in [5.41, 5.74) is 0.0334. The number of carbonyl (C=O) groups excluding carboxylic acids is 1. The van der Waals surface area contributed by atoms with Gasteiger partial charge in [-0.05, 0) is 32.9 Å². The predicted molar refractivity (Wildman–Crippen MR) is 91.1 cm³/mol. The topological polar surface area (TPSA) is 73.3 Å². The molecule has 0 atom stereocenters. The maximum Gasteiger partial charge on any atom is 0.412 e. The zero-order chi connectivity index (χ0) is 16.2. The van der Waals surface area contributed by atoms with Gasteiger partial charge in [0.25, 0.3) is 0 Å². The molecule has 1 heterocycles. The minimum absolute atomic E-state index is 0.439. The van der Waals surface area contributed by atoms with E-state index in [9.17, 15) is 4.79 Å². The van der Waals surface area contributed by atoms with E-state index in [2.05, 4.69) is 15.3 Å². The van der Waals surface area contributed by atoms with Crippen molar-refractivity contribution in [2.75, 3.05) is 5.32 Å². The molecular formula is C15H16IN3O3. The molecule has 1 amide bonds. The molecule has 0 unspecified atom stereocenters. The van der Waals surface area contributed by atoms with Gasteiger partial charge in [-0.2, -0.15) is 4.98 Å². The highest BCUT2D eigenvalue weighted by molar-refractivity contribution is 14.1. The number of nitrogens with one attached hydrogen (secondary N) is 1. The van der Waals surface area contributed by atoms with E-state index in [1.165, 1.54) is 0 Å². The van der Waals surface area contributed by atoms with Crippen molar-refractivity contribution in [1.29, 1.82) is 0 Å². The van der Waals surface area contributed by atoms with E-state index in [0.29, 0.717) is 21.1 Å². The minimum atomic E-state index is -0.546. The van der Waals surface area contributed by atoms with Crippen molar-refractivity contribution >= 4 is 34.4 Å². The molecule has 7 heteroatoms. The Morgan fingerprint density at radius 3 is 2.73 bits per heavy atom. The smallest absolute Gasteiger partial charge is 0.412 e. The Kier molecular flexibility index (Phi) is 5.17. The van der Waals surface area contributed by atoms with Crippen LogP contribution in [0.15, 0.2) is 36.5 Å². The van der Waals surface area contributed by atoms with Crippen LogP contribution in [-0.2, 0) is 4.74 Å². The van der Waals surface area contributed by atoms with Gasteiger partial charge in [-0.25, -0.2) is 9.78 Å². The summed E-state index contributed by atoms with van der Waals surface area (Å²) >= 11 is 2.01. The number of aromatic nitrogens is 2. The van der Waals surface area contributed by atoms with Gasteiger partial charge in [-0.1, -0.05) is 6.07 Å². The zero-order valence-electron chi connectivity index (χ0n) is 12.5. The van der Waals surface area contributed by atoms with E-state index in [1.807, 2.05) is 43.4 Å². The van der Waals surface area contributed by atoms with Crippen LogP contribution in [0.25, 0.3) is 0 Å². The van der Waals surface area contributed by atoms with Gasteiger partial charge in [0.15, 0.2) is 3.83 Å². The van der Waals surface area contributed by atoms with E-state index in [0.717, 1.165) is 0 Å². The Hall–Kier alpha value is -1.90. The molecule has 0 bridgehead atoms. The van der Waals surface area contributed by atoms with Crippen molar-refractivity contribution in [1.82, 2.24) is 9.97 Å². The van der Waals surface area contributed by atoms with E-state index in [-0.39, 0.29) is 0 Å². The summed E-state index contributed by atoms with van der Waals surface area (Å²) in [6.45, 7) is 5.43. The van der Waals surface area contributed by atoms with Crippen LogP contribution in [-0.4, -0.2) is 21.7 Å². The molecule has 6 nitrogen and oxygen atoms in total. The van der Waals surface area contributed by atoms with Gasteiger partial charge in [0.2, 0.25) is 5.88 Å². The first-order valence-corrected chi connectivity index (χ1v) is 7.66. The number of benzene rings is 1. The molecule has 0 saturated heterocycles. The summed E-state index contributed by atoms with van der Waals surface area (Å²) in [5.74, 6) is 0.997. The van der Waals surface area contributed by atoms with Crippen molar-refractivity contribution < 1.29 is 14.3 Å². The Balaban J connectivity index is 2.05. The van der Waals surface area contributed by atoms with E-state index in [1.54, 1.807) is 36.5 Å². The van der Waals surface area contributed by atoms with Crippen LogP contribution >= 0.6 is 22.6 Å². The van der Waals surface area contributed by atoms with Crippen LogP contribution in [0, 0.1) is 3.83 Å². The van der Waals surface area contributed by atoms with Gasteiger partial charge in [0, 0.05) is 46.6 Å². The van der Waals surface area contributed by atoms with Crippen molar-refractivity contribution in [2.24, 2.45) is 0 Å². The van der Waals surface area contributed by atoms with Gasteiger partial charge >= 0.3 is 6.09 Å². The lowest BCUT2D eigenvalue weighted by molar-refractivity contribution is 0.0636. The van der Waals surface area contributed by atoms with Gasteiger partial charge in [-0.15, -0.1) is 0 Å². The molecule has 0 aliphatic rings. The van der Waals surface area contributed by atoms with Crippen LogP contribution < -0.4 is 10.1 Å². The fraction of sp³-hybridized carbons (Fsp3) is 0.267. The maximum atomic E-state index is 11.7. The number of nitrogens with zero attached hydrogens (tertiary/aromatic N) is 2. The van der Waals surface area contributed by atoms with Gasteiger partial charge in [0.1, 0.15) is 11.4 Å². The van der Waals surface area contributed by atoms with Crippen LogP contribution in [0.3, 0.4) is 0 Å². The third-order valence-electron chi connectivity index (χ3n) is 2.30. The number of hydrogen-bond acceptors (Lipinski definition) is 5. The molecule has 0 spiro atoms. The number of rotatable bonds is 3.